The van der Waals surface area contributed by atoms with E-state index in [0.717, 1.165) is 15.8 Å². The van der Waals surface area contributed by atoms with Gasteiger partial charge in [-0.15, -0.1) is 11.8 Å². The lowest BCUT2D eigenvalue weighted by molar-refractivity contribution is 0.318. The lowest BCUT2D eigenvalue weighted by Gasteiger charge is -2.09. The zero-order valence-electron chi connectivity index (χ0n) is 11.4. The highest BCUT2D eigenvalue weighted by molar-refractivity contribution is 9.10. The van der Waals surface area contributed by atoms with Crippen LogP contribution in [-0.2, 0) is 5.75 Å². The number of benzene rings is 2. The molecule has 4 nitrogen and oxygen atoms in total. The number of methoxy groups -OCH3 is 1. The lowest BCUT2D eigenvalue weighted by Crippen LogP contribution is -2.14. The second-order valence-corrected chi connectivity index (χ2v) is 6.23. The molecule has 0 aliphatic carbocycles. The molecule has 0 aliphatic heterocycles. The van der Waals surface area contributed by atoms with Gasteiger partial charge in [-0.3, -0.25) is 0 Å². The highest BCUT2D eigenvalue weighted by atomic mass is 79.9. The molecule has 0 fully saturated rings. The van der Waals surface area contributed by atoms with Gasteiger partial charge in [0.05, 0.1) is 12.7 Å². The number of nitrogens with zero attached hydrogens (tertiary/aromatic N) is 1. The normalized spacial score (nSPS) is 11.4. The number of rotatable bonds is 5. The Bertz CT molecular complexity index is 662. The van der Waals surface area contributed by atoms with E-state index >= 15 is 0 Å². The van der Waals surface area contributed by atoms with Crippen molar-refractivity contribution < 1.29 is 9.94 Å². The summed E-state index contributed by atoms with van der Waals surface area (Å²) in [6, 6.07) is 13.8. The van der Waals surface area contributed by atoms with Gasteiger partial charge in [-0.2, -0.15) is 0 Å². The van der Waals surface area contributed by atoms with Crippen molar-refractivity contribution in [1.82, 2.24) is 0 Å². The van der Waals surface area contributed by atoms with Gasteiger partial charge in [0, 0.05) is 15.1 Å². The smallest absolute Gasteiger partial charge is 0.173 e. The first kappa shape index (κ1) is 15.7. The van der Waals surface area contributed by atoms with Gasteiger partial charge >= 0.3 is 0 Å². The molecule has 0 aliphatic rings. The molecule has 0 atom stereocenters. The van der Waals surface area contributed by atoms with Crippen molar-refractivity contribution in [2.45, 2.75) is 10.6 Å². The molecule has 21 heavy (non-hydrogen) atoms. The van der Waals surface area contributed by atoms with E-state index in [0.29, 0.717) is 11.3 Å². The zero-order chi connectivity index (χ0) is 15.2. The van der Waals surface area contributed by atoms with Crippen molar-refractivity contribution in [2.75, 3.05) is 7.11 Å². The average Bonchev–Trinajstić information content (AvgIpc) is 2.52. The fourth-order valence-electron chi connectivity index (χ4n) is 1.82. The maximum Gasteiger partial charge on any atom is 0.173 e. The number of thioether (sulfide) groups is 1. The summed E-state index contributed by atoms with van der Waals surface area (Å²) in [5, 5.41) is 11.9. The van der Waals surface area contributed by atoms with Gasteiger partial charge in [0.15, 0.2) is 5.84 Å². The number of nitrogens with two attached hydrogens (primary N) is 1. The Morgan fingerprint density at radius 2 is 2.14 bits per heavy atom. The molecule has 3 N–H and O–H groups in total. The second-order valence-electron chi connectivity index (χ2n) is 4.27. The first-order valence-corrected chi connectivity index (χ1v) is 7.95. The molecule has 0 amide bonds. The summed E-state index contributed by atoms with van der Waals surface area (Å²) >= 11 is 5.17. The van der Waals surface area contributed by atoms with Crippen LogP contribution in [0.1, 0.15) is 11.1 Å². The number of hydrogen-bond donors (Lipinski definition) is 2. The molecule has 0 spiro atoms. The van der Waals surface area contributed by atoms with Crippen LogP contribution in [-0.4, -0.2) is 18.2 Å². The minimum absolute atomic E-state index is 0.0427. The van der Waals surface area contributed by atoms with Crippen LogP contribution >= 0.6 is 27.7 Å². The number of halogens is 1. The van der Waals surface area contributed by atoms with E-state index in [1.807, 2.05) is 30.3 Å². The van der Waals surface area contributed by atoms with Gasteiger partial charge < -0.3 is 15.7 Å². The maximum absolute atomic E-state index is 8.83. The molecule has 2 aromatic carbocycles. The Hall–Kier alpha value is -1.66. The SMILES string of the molecule is COc1ccc(CSc2cccc(Br)c2)cc1C(N)=NO. The van der Waals surface area contributed by atoms with Crippen LogP contribution in [0.5, 0.6) is 5.75 Å². The molecule has 110 valence electrons. The van der Waals surface area contributed by atoms with Crippen molar-refractivity contribution in [2.24, 2.45) is 10.9 Å². The van der Waals surface area contributed by atoms with Crippen LogP contribution in [0.15, 0.2) is 57.0 Å². The van der Waals surface area contributed by atoms with E-state index in [2.05, 4.69) is 33.2 Å². The van der Waals surface area contributed by atoms with Crippen molar-refractivity contribution in [3.8, 4) is 5.75 Å². The van der Waals surface area contributed by atoms with Gasteiger partial charge in [0.1, 0.15) is 5.75 Å². The molecule has 0 bridgehead atoms. The Morgan fingerprint density at radius 1 is 1.33 bits per heavy atom. The molecule has 0 radical (unpaired) electrons. The first-order chi connectivity index (χ1) is 10.1. The Morgan fingerprint density at radius 3 is 2.81 bits per heavy atom. The average molecular weight is 367 g/mol. The number of amidine groups is 1. The predicted octanol–water partition coefficient (Wildman–Crippen LogP) is 3.84. The topological polar surface area (TPSA) is 67.8 Å². The molecule has 0 heterocycles. The fraction of sp³-hybridized carbons (Fsp3) is 0.133. The van der Waals surface area contributed by atoms with Gasteiger partial charge in [-0.1, -0.05) is 33.2 Å². The molecule has 0 unspecified atom stereocenters. The Balaban J connectivity index is 2.17. The van der Waals surface area contributed by atoms with Crippen molar-refractivity contribution >= 4 is 33.5 Å². The largest absolute Gasteiger partial charge is 0.496 e. The van der Waals surface area contributed by atoms with E-state index in [1.54, 1.807) is 18.9 Å². The lowest BCUT2D eigenvalue weighted by atomic mass is 10.1. The third kappa shape index (κ3) is 4.15. The van der Waals surface area contributed by atoms with Gasteiger partial charge in [-0.25, -0.2) is 0 Å². The third-order valence-electron chi connectivity index (χ3n) is 2.85. The molecular formula is C15H15BrN2O2S. The molecule has 0 saturated heterocycles. The molecule has 2 rings (SSSR count). The van der Waals surface area contributed by atoms with E-state index in [1.165, 1.54) is 4.90 Å². The Labute approximate surface area is 136 Å². The van der Waals surface area contributed by atoms with E-state index < -0.39 is 0 Å². The van der Waals surface area contributed by atoms with Crippen LogP contribution in [0, 0.1) is 0 Å². The summed E-state index contributed by atoms with van der Waals surface area (Å²) in [5.74, 6) is 1.41. The summed E-state index contributed by atoms with van der Waals surface area (Å²) < 4.78 is 6.27. The molecule has 0 aromatic heterocycles. The van der Waals surface area contributed by atoms with Crippen LogP contribution < -0.4 is 10.5 Å². The molecule has 2 aromatic rings. The fourth-order valence-corrected chi connectivity index (χ4v) is 3.27. The monoisotopic (exact) mass is 366 g/mol. The minimum atomic E-state index is 0.0427. The molecular weight excluding hydrogens is 352 g/mol. The van der Waals surface area contributed by atoms with Crippen LogP contribution in [0.2, 0.25) is 0 Å². The summed E-state index contributed by atoms with van der Waals surface area (Å²) in [7, 11) is 1.55. The van der Waals surface area contributed by atoms with Crippen molar-refractivity contribution in [3.05, 3.63) is 58.1 Å². The molecule has 0 saturated carbocycles. The van der Waals surface area contributed by atoms with Gasteiger partial charge in [0.2, 0.25) is 0 Å². The second kappa shape index (κ2) is 7.38. The van der Waals surface area contributed by atoms with Gasteiger partial charge in [0.25, 0.3) is 0 Å². The van der Waals surface area contributed by atoms with Crippen LogP contribution in [0.25, 0.3) is 0 Å². The number of ether oxygens (including phenoxy) is 1. The Kier molecular flexibility index (Phi) is 5.52. The quantitative estimate of drug-likeness (QED) is 0.277. The summed E-state index contributed by atoms with van der Waals surface area (Å²) in [6.07, 6.45) is 0. The van der Waals surface area contributed by atoms with Gasteiger partial charge in [-0.05, 0) is 35.9 Å². The number of oxime groups is 1. The minimum Gasteiger partial charge on any atom is -0.496 e. The summed E-state index contributed by atoms with van der Waals surface area (Å²) in [6.45, 7) is 0. The first-order valence-electron chi connectivity index (χ1n) is 6.17. The highest BCUT2D eigenvalue weighted by Gasteiger charge is 2.09. The van der Waals surface area contributed by atoms with Crippen LogP contribution in [0.4, 0.5) is 0 Å². The van der Waals surface area contributed by atoms with Crippen LogP contribution in [0.3, 0.4) is 0 Å². The van der Waals surface area contributed by atoms with E-state index in [9.17, 15) is 0 Å². The zero-order valence-corrected chi connectivity index (χ0v) is 13.8. The highest BCUT2D eigenvalue weighted by Crippen LogP contribution is 2.27. The van der Waals surface area contributed by atoms with E-state index in [4.69, 9.17) is 15.7 Å². The third-order valence-corrected chi connectivity index (χ3v) is 4.41. The van der Waals surface area contributed by atoms with Crippen molar-refractivity contribution in [1.29, 1.82) is 0 Å². The van der Waals surface area contributed by atoms with E-state index in [-0.39, 0.29) is 5.84 Å². The maximum atomic E-state index is 8.83. The molecule has 6 heteroatoms. The summed E-state index contributed by atoms with van der Waals surface area (Å²) in [4.78, 5) is 1.17. The predicted molar refractivity (Wildman–Crippen MR) is 89.2 cm³/mol. The number of hydrogen-bond acceptors (Lipinski definition) is 4. The standard InChI is InChI=1S/C15H15BrN2O2S/c1-20-14-6-5-10(7-13(14)15(17)18-19)9-21-12-4-2-3-11(16)8-12/h2-8,19H,9H2,1H3,(H2,17,18). The summed E-state index contributed by atoms with van der Waals surface area (Å²) in [5.41, 5.74) is 7.34. The van der Waals surface area contributed by atoms with Crippen molar-refractivity contribution in [3.63, 3.8) is 0 Å².